The second-order valence-corrected chi connectivity index (χ2v) is 5.98. The van der Waals surface area contributed by atoms with E-state index in [0.717, 1.165) is 0 Å². The van der Waals surface area contributed by atoms with Crippen LogP contribution in [0.4, 0.5) is 0 Å². The minimum Gasteiger partial charge on any atom is -0.389 e. The van der Waals surface area contributed by atoms with Gasteiger partial charge < -0.3 is 10.4 Å². The second-order valence-electron chi connectivity index (χ2n) is 5.98. The van der Waals surface area contributed by atoms with Crippen molar-refractivity contribution in [3.8, 4) is 0 Å². The molecule has 1 atom stereocenters. The molecule has 0 radical (unpaired) electrons. The third kappa shape index (κ3) is 3.58. The van der Waals surface area contributed by atoms with E-state index in [1.165, 1.54) is 25.7 Å². The normalized spacial score (nSPS) is 27.6. The summed E-state index contributed by atoms with van der Waals surface area (Å²) in [5.74, 6) is 0. The average molecular weight is 199 g/mol. The Bertz CT molecular complexity index is 181. The molecule has 1 rings (SSSR count). The van der Waals surface area contributed by atoms with Gasteiger partial charge in [0.2, 0.25) is 0 Å². The summed E-state index contributed by atoms with van der Waals surface area (Å²) in [6.45, 7) is 9.06. The van der Waals surface area contributed by atoms with Crippen LogP contribution in [0.15, 0.2) is 0 Å². The fraction of sp³-hybridized carbons (Fsp3) is 1.00. The van der Waals surface area contributed by atoms with Crippen LogP contribution >= 0.6 is 0 Å². The zero-order chi connectivity index (χ0) is 10.8. The highest BCUT2D eigenvalue weighted by Gasteiger charge is 2.32. The lowest BCUT2D eigenvalue weighted by molar-refractivity contribution is 0.0621. The van der Waals surface area contributed by atoms with E-state index in [4.69, 9.17) is 0 Å². The van der Waals surface area contributed by atoms with Gasteiger partial charge in [-0.25, -0.2) is 0 Å². The molecule has 0 aromatic rings. The summed E-state index contributed by atoms with van der Waals surface area (Å²) in [4.78, 5) is 0. The topological polar surface area (TPSA) is 32.3 Å². The van der Waals surface area contributed by atoms with Crippen LogP contribution < -0.4 is 5.32 Å². The molecule has 0 aromatic heterocycles. The van der Waals surface area contributed by atoms with Crippen molar-refractivity contribution in [2.24, 2.45) is 5.41 Å². The summed E-state index contributed by atoms with van der Waals surface area (Å²) in [6, 6.07) is 0.572. The second kappa shape index (κ2) is 4.19. The van der Waals surface area contributed by atoms with Crippen LogP contribution in [0.25, 0.3) is 0 Å². The molecule has 0 heterocycles. The van der Waals surface area contributed by atoms with Gasteiger partial charge in [0.15, 0.2) is 0 Å². The van der Waals surface area contributed by atoms with Gasteiger partial charge in [-0.05, 0) is 32.1 Å². The standard InChI is InChI=1S/C12H25NO/c1-11(2)8-6-5-7-10(11)13-9-12(3,4)14/h10,13-14H,5-9H2,1-4H3. The molecule has 2 heteroatoms. The summed E-state index contributed by atoms with van der Waals surface area (Å²) in [7, 11) is 0. The Hall–Kier alpha value is -0.0800. The van der Waals surface area contributed by atoms with Crippen molar-refractivity contribution in [1.29, 1.82) is 0 Å². The molecule has 0 aliphatic heterocycles. The molecule has 1 saturated carbocycles. The Morgan fingerprint density at radius 1 is 1.36 bits per heavy atom. The lowest BCUT2D eigenvalue weighted by atomic mass is 9.73. The van der Waals surface area contributed by atoms with Crippen LogP contribution in [0.3, 0.4) is 0 Å². The Balaban J connectivity index is 2.42. The van der Waals surface area contributed by atoms with Gasteiger partial charge in [-0.1, -0.05) is 26.7 Å². The first-order valence-electron chi connectivity index (χ1n) is 5.77. The fourth-order valence-corrected chi connectivity index (χ4v) is 2.25. The zero-order valence-electron chi connectivity index (χ0n) is 10.1. The van der Waals surface area contributed by atoms with Crippen LogP contribution in [-0.2, 0) is 0 Å². The third-order valence-corrected chi connectivity index (χ3v) is 3.29. The SMILES string of the molecule is CC(C)(O)CNC1CCCCC1(C)C. The van der Waals surface area contributed by atoms with Gasteiger partial charge in [-0.15, -0.1) is 0 Å². The van der Waals surface area contributed by atoms with E-state index >= 15 is 0 Å². The summed E-state index contributed by atoms with van der Waals surface area (Å²) in [6.07, 6.45) is 5.24. The lowest BCUT2D eigenvalue weighted by Gasteiger charge is -2.40. The molecule has 2 nitrogen and oxygen atoms in total. The zero-order valence-corrected chi connectivity index (χ0v) is 10.1. The minimum absolute atomic E-state index is 0.392. The molecule has 1 aliphatic rings. The molecule has 1 aliphatic carbocycles. The van der Waals surface area contributed by atoms with Crippen LogP contribution in [-0.4, -0.2) is 23.3 Å². The first-order chi connectivity index (χ1) is 6.31. The predicted molar refractivity (Wildman–Crippen MR) is 60.3 cm³/mol. The van der Waals surface area contributed by atoms with E-state index in [-0.39, 0.29) is 0 Å². The van der Waals surface area contributed by atoms with E-state index < -0.39 is 5.60 Å². The quantitative estimate of drug-likeness (QED) is 0.731. The monoisotopic (exact) mass is 199 g/mol. The molecular formula is C12H25NO. The van der Waals surface area contributed by atoms with E-state index in [2.05, 4.69) is 19.2 Å². The number of hydrogen-bond donors (Lipinski definition) is 2. The van der Waals surface area contributed by atoms with Gasteiger partial charge in [-0.2, -0.15) is 0 Å². The third-order valence-electron chi connectivity index (χ3n) is 3.29. The van der Waals surface area contributed by atoms with Gasteiger partial charge in [0.1, 0.15) is 0 Å². The Morgan fingerprint density at radius 3 is 2.50 bits per heavy atom. The molecular weight excluding hydrogens is 174 g/mol. The number of rotatable bonds is 3. The van der Waals surface area contributed by atoms with Crippen molar-refractivity contribution in [1.82, 2.24) is 5.32 Å². The Morgan fingerprint density at radius 2 is 2.00 bits per heavy atom. The molecule has 2 N–H and O–H groups in total. The largest absolute Gasteiger partial charge is 0.389 e. The minimum atomic E-state index is -0.590. The van der Waals surface area contributed by atoms with E-state index in [9.17, 15) is 5.11 Å². The number of nitrogens with one attached hydrogen (secondary N) is 1. The summed E-state index contributed by atoms with van der Waals surface area (Å²) in [5.41, 5.74) is -0.197. The van der Waals surface area contributed by atoms with Gasteiger partial charge in [0.25, 0.3) is 0 Å². The highest BCUT2D eigenvalue weighted by molar-refractivity contribution is 4.89. The number of hydrogen-bond acceptors (Lipinski definition) is 2. The fourth-order valence-electron chi connectivity index (χ4n) is 2.25. The number of aliphatic hydroxyl groups is 1. The molecule has 84 valence electrons. The van der Waals surface area contributed by atoms with Crippen molar-refractivity contribution in [2.45, 2.75) is 65.0 Å². The maximum Gasteiger partial charge on any atom is 0.0715 e. The highest BCUT2D eigenvalue weighted by Crippen LogP contribution is 2.35. The molecule has 1 unspecified atom stereocenters. The van der Waals surface area contributed by atoms with E-state index in [0.29, 0.717) is 18.0 Å². The average Bonchev–Trinajstić information content (AvgIpc) is 2.00. The van der Waals surface area contributed by atoms with Crippen molar-refractivity contribution in [3.63, 3.8) is 0 Å². The van der Waals surface area contributed by atoms with Gasteiger partial charge in [-0.3, -0.25) is 0 Å². The van der Waals surface area contributed by atoms with Gasteiger partial charge >= 0.3 is 0 Å². The Labute approximate surface area is 88.1 Å². The first kappa shape index (κ1) is 12.0. The predicted octanol–water partition coefficient (Wildman–Crippen LogP) is 2.32. The van der Waals surface area contributed by atoms with Gasteiger partial charge in [0.05, 0.1) is 5.60 Å². The van der Waals surface area contributed by atoms with Crippen LogP contribution in [0.2, 0.25) is 0 Å². The summed E-state index contributed by atoms with van der Waals surface area (Å²) < 4.78 is 0. The first-order valence-corrected chi connectivity index (χ1v) is 5.77. The van der Waals surface area contributed by atoms with E-state index in [1.807, 2.05) is 13.8 Å². The molecule has 1 fully saturated rings. The molecule has 14 heavy (non-hydrogen) atoms. The Kier molecular flexibility index (Phi) is 3.59. The highest BCUT2D eigenvalue weighted by atomic mass is 16.3. The van der Waals surface area contributed by atoms with Crippen LogP contribution in [0.1, 0.15) is 53.4 Å². The molecule has 0 amide bonds. The summed E-state index contributed by atoms with van der Waals surface area (Å²) in [5, 5.41) is 13.2. The van der Waals surface area contributed by atoms with Crippen molar-refractivity contribution < 1.29 is 5.11 Å². The van der Waals surface area contributed by atoms with Gasteiger partial charge in [0, 0.05) is 12.6 Å². The van der Waals surface area contributed by atoms with Crippen LogP contribution in [0.5, 0.6) is 0 Å². The molecule has 0 bridgehead atoms. The summed E-state index contributed by atoms with van der Waals surface area (Å²) >= 11 is 0. The molecule has 0 saturated heterocycles. The maximum atomic E-state index is 9.66. The van der Waals surface area contributed by atoms with Crippen molar-refractivity contribution >= 4 is 0 Å². The molecule has 0 spiro atoms. The maximum absolute atomic E-state index is 9.66. The van der Waals surface area contributed by atoms with Crippen LogP contribution in [0, 0.1) is 5.41 Å². The van der Waals surface area contributed by atoms with Crippen molar-refractivity contribution in [3.05, 3.63) is 0 Å². The van der Waals surface area contributed by atoms with E-state index in [1.54, 1.807) is 0 Å². The molecule has 0 aromatic carbocycles. The lowest BCUT2D eigenvalue weighted by Crippen LogP contribution is -2.48. The smallest absolute Gasteiger partial charge is 0.0715 e. The van der Waals surface area contributed by atoms with Crippen molar-refractivity contribution in [2.75, 3.05) is 6.54 Å².